The number of aliphatic hydroxyl groups is 3. The summed E-state index contributed by atoms with van der Waals surface area (Å²) in [7, 11) is 0. The highest BCUT2D eigenvalue weighted by Crippen LogP contribution is 2.37. The van der Waals surface area contributed by atoms with Gasteiger partial charge in [0.05, 0.1) is 32.0 Å². The molecule has 1 aromatic carbocycles. The van der Waals surface area contributed by atoms with Crippen molar-refractivity contribution in [2.24, 2.45) is 5.92 Å². The Morgan fingerprint density at radius 1 is 0.729 bits per heavy atom. The molecule has 4 unspecified atom stereocenters. The van der Waals surface area contributed by atoms with Crippen LogP contribution in [0.5, 0.6) is 5.75 Å². The summed E-state index contributed by atoms with van der Waals surface area (Å²) >= 11 is 0. The lowest BCUT2D eigenvalue weighted by Crippen LogP contribution is -2.52. The van der Waals surface area contributed by atoms with E-state index >= 15 is 0 Å². The Labute approximate surface area is 354 Å². The third kappa shape index (κ3) is 16.3. The summed E-state index contributed by atoms with van der Waals surface area (Å²) in [6, 6.07) is 0. The van der Waals surface area contributed by atoms with E-state index in [0.717, 1.165) is 64.8 Å². The number of allylic oxidation sites excluding steroid dienone is 4. The standard InChI is InChI=1S/C38H60F2N2O3.C10H18O4/c1-5-6-13-19-34(32-22-23-32)42-25-27-44-26-24-41-33(31-17-16-18-31)20-14-11-9-7-8-10-12-15-21-35(43)45-38-30(4)28(2)29(3)36(39)37(38)40;11-5-9-10(13)7(12)4-8(14-9)6-2-1-3-6/h41-42H,5-27H2,1-4H3;6-13H,1-5H2. The van der Waals surface area contributed by atoms with Crippen molar-refractivity contribution in [2.45, 2.75) is 200 Å². The van der Waals surface area contributed by atoms with Crippen molar-refractivity contribution in [3.8, 4) is 5.75 Å². The number of hydrogen-bond donors (Lipinski definition) is 5. The second-order valence-corrected chi connectivity index (χ2v) is 17.5. The molecule has 9 nitrogen and oxygen atoms in total. The van der Waals surface area contributed by atoms with Crippen LogP contribution in [-0.2, 0) is 14.3 Å². The SMILES string of the molecule is CCCCCC(NCCOCCNC(CCCCCCCCCCC(=O)Oc1c(C)c(C)c(C)c(F)c1F)=C1CCC1)=C1CC1.OCC1OC(C2CCC2)CC(O)C1O. The minimum Gasteiger partial charge on any atom is -0.423 e. The Bertz CT molecular complexity index is 1450. The Balaban J connectivity index is 0.000000458. The molecule has 59 heavy (non-hydrogen) atoms. The third-order valence-corrected chi connectivity index (χ3v) is 12.9. The van der Waals surface area contributed by atoms with Gasteiger partial charge >= 0.3 is 5.97 Å². The Morgan fingerprint density at radius 2 is 1.29 bits per heavy atom. The first-order valence-corrected chi connectivity index (χ1v) is 23.3. The van der Waals surface area contributed by atoms with Gasteiger partial charge in [0.15, 0.2) is 11.6 Å². The lowest BCUT2D eigenvalue weighted by molar-refractivity contribution is -0.198. The molecular weight excluding hydrogens is 755 g/mol. The highest BCUT2D eigenvalue weighted by atomic mass is 19.2. The van der Waals surface area contributed by atoms with Crippen molar-refractivity contribution in [3.05, 3.63) is 50.9 Å². The van der Waals surface area contributed by atoms with E-state index in [-0.39, 0.29) is 30.4 Å². The van der Waals surface area contributed by atoms with Gasteiger partial charge in [-0.1, -0.05) is 75.9 Å². The van der Waals surface area contributed by atoms with Crippen molar-refractivity contribution in [3.63, 3.8) is 0 Å². The molecule has 0 spiro atoms. The Kier molecular flexibility index (Phi) is 22.2. The molecule has 3 aliphatic carbocycles. The molecule has 3 saturated carbocycles. The van der Waals surface area contributed by atoms with Crippen LogP contribution in [0, 0.1) is 38.3 Å². The molecule has 4 aliphatic rings. The molecule has 1 heterocycles. The molecule has 5 N–H and O–H groups in total. The predicted octanol–water partition coefficient (Wildman–Crippen LogP) is 9.62. The van der Waals surface area contributed by atoms with Crippen LogP contribution in [0.2, 0.25) is 0 Å². The summed E-state index contributed by atoms with van der Waals surface area (Å²) < 4.78 is 45.1. The van der Waals surface area contributed by atoms with Crippen LogP contribution >= 0.6 is 0 Å². The summed E-state index contributed by atoms with van der Waals surface area (Å²) in [4.78, 5) is 12.2. The quantitative estimate of drug-likeness (QED) is 0.0352. The zero-order valence-electron chi connectivity index (χ0n) is 36.9. The number of carbonyl (C=O) groups excluding carboxylic acids is 1. The van der Waals surface area contributed by atoms with E-state index < -0.39 is 35.9 Å². The molecule has 11 heteroatoms. The maximum atomic E-state index is 14.3. The van der Waals surface area contributed by atoms with E-state index in [4.69, 9.17) is 19.3 Å². The number of halogens is 2. The number of hydrogen-bond acceptors (Lipinski definition) is 9. The summed E-state index contributed by atoms with van der Waals surface area (Å²) in [5.74, 6) is -2.26. The summed E-state index contributed by atoms with van der Waals surface area (Å²) in [5.41, 5.74) is 7.54. The van der Waals surface area contributed by atoms with Gasteiger partial charge in [0.2, 0.25) is 5.82 Å². The van der Waals surface area contributed by atoms with E-state index in [2.05, 4.69) is 17.6 Å². The number of benzene rings is 1. The molecule has 4 fully saturated rings. The van der Waals surface area contributed by atoms with Gasteiger partial charge in [-0.15, -0.1) is 0 Å². The highest BCUT2D eigenvalue weighted by molar-refractivity contribution is 5.73. The smallest absolute Gasteiger partial charge is 0.311 e. The molecule has 0 radical (unpaired) electrons. The Hall–Kier alpha value is -2.57. The average Bonchev–Trinajstić information content (AvgIpc) is 4.03. The molecule has 1 saturated heterocycles. The number of ether oxygens (including phenoxy) is 3. The topological polar surface area (TPSA) is 130 Å². The fraction of sp³-hybridized carbons (Fsp3) is 0.771. The van der Waals surface area contributed by atoms with Crippen molar-refractivity contribution in [2.75, 3.05) is 32.9 Å². The zero-order chi connectivity index (χ0) is 42.6. The van der Waals surface area contributed by atoms with Gasteiger partial charge in [0.25, 0.3) is 0 Å². The van der Waals surface area contributed by atoms with Gasteiger partial charge in [-0.3, -0.25) is 4.79 Å². The van der Waals surface area contributed by atoms with Crippen molar-refractivity contribution in [1.29, 1.82) is 0 Å². The van der Waals surface area contributed by atoms with Crippen LogP contribution in [-0.4, -0.2) is 78.6 Å². The van der Waals surface area contributed by atoms with Gasteiger partial charge in [-0.2, -0.15) is 4.39 Å². The first-order valence-electron chi connectivity index (χ1n) is 23.3. The molecule has 4 atom stereocenters. The van der Waals surface area contributed by atoms with Gasteiger partial charge in [0, 0.05) is 37.3 Å². The van der Waals surface area contributed by atoms with E-state index in [9.17, 15) is 23.8 Å². The molecule has 0 amide bonds. The van der Waals surface area contributed by atoms with E-state index in [1.54, 1.807) is 25.0 Å². The lowest BCUT2D eigenvalue weighted by Gasteiger charge is -2.42. The normalized spacial score (nSPS) is 21.2. The van der Waals surface area contributed by atoms with E-state index in [0.29, 0.717) is 29.9 Å². The van der Waals surface area contributed by atoms with Gasteiger partial charge in [0.1, 0.15) is 12.2 Å². The predicted molar refractivity (Wildman–Crippen MR) is 230 cm³/mol. The van der Waals surface area contributed by atoms with Crippen molar-refractivity contribution < 1.29 is 43.1 Å². The number of aliphatic hydroxyl groups excluding tert-OH is 3. The van der Waals surface area contributed by atoms with E-state index in [1.807, 2.05) is 0 Å². The summed E-state index contributed by atoms with van der Waals surface area (Å²) in [6.07, 6.45) is 23.3. The number of esters is 1. The highest BCUT2D eigenvalue weighted by Gasteiger charge is 2.40. The second kappa shape index (κ2) is 26.7. The molecule has 5 rings (SSSR count). The number of unbranched alkanes of at least 4 members (excludes halogenated alkanes) is 9. The zero-order valence-corrected chi connectivity index (χ0v) is 36.9. The largest absolute Gasteiger partial charge is 0.423 e. The summed E-state index contributed by atoms with van der Waals surface area (Å²) in [5, 5.41) is 35.4. The average molecular weight is 833 g/mol. The molecule has 0 bridgehead atoms. The fourth-order valence-electron chi connectivity index (χ4n) is 8.22. The fourth-order valence-corrected chi connectivity index (χ4v) is 8.22. The maximum absolute atomic E-state index is 14.3. The molecular formula is C48H78F2N2O7. The second-order valence-electron chi connectivity index (χ2n) is 17.5. The molecule has 336 valence electrons. The minimum absolute atomic E-state index is 0.0271. The van der Waals surface area contributed by atoms with E-state index in [1.165, 1.54) is 108 Å². The minimum atomic E-state index is -1.07. The van der Waals surface area contributed by atoms with Gasteiger partial charge in [-0.05, 0) is 120 Å². The third-order valence-electron chi connectivity index (χ3n) is 12.9. The van der Waals surface area contributed by atoms with Crippen molar-refractivity contribution >= 4 is 5.97 Å². The van der Waals surface area contributed by atoms with Crippen LogP contribution in [0.1, 0.15) is 171 Å². The van der Waals surface area contributed by atoms with Crippen LogP contribution < -0.4 is 15.4 Å². The number of rotatable bonds is 26. The molecule has 0 aromatic heterocycles. The monoisotopic (exact) mass is 833 g/mol. The summed E-state index contributed by atoms with van der Waals surface area (Å²) in [6.45, 7) is 10.2. The number of carbonyl (C=O) groups is 1. The van der Waals surface area contributed by atoms with Crippen LogP contribution in [0.25, 0.3) is 0 Å². The first-order chi connectivity index (χ1) is 28.5. The van der Waals surface area contributed by atoms with Gasteiger partial charge < -0.3 is 40.2 Å². The van der Waals surface area contributed by atoms with Crippen LogP contribution in [0.15, 0.2) is 22.5 Å². The molecule has 1 aliphatic heterocycles. The number of nitrogens with one attached hydrogen (secondary N) is 2. The van der Waals surface area contributed by atoms with Gasteiger partial charge in [-0.25, -0.2) is 4.39 Å². The van der Waals surface area contributed by atoms with Crippen LogP contribution in [0.4, 0.5) is 8.78 Å². The molecule has 1 aromatic rings. The maximum Gasteiger partial charge on any atom is 0.311 e. The Morgan fingerprint density at radius 3 is 1.80 bits per heavy atom. The van der Waals surface area contributed by atoms with Crippen molar-refractivity contribution in [1.82, 2.24) is 10.6 Å². The van der Waals surface area contributed by atoms with Crippen LogP contribution in [0.3, 0.4) is 0 Å². The first kappa shape index (κ1) is 49.1. The lowest BCUT2D eigenvalue weighted by atomic mass is 9.77.